The van der Waals surface area contributed by atoms with Gasteiger partial charge in [-0.25, -0.2) is 4.39 Å². The molecule has 1 heterocycles. The fraction of sp³-hybridized carbons (Fsp3) is 0. The van der Waals surface area contributed by atoms with E-state index < -0.39 is 11.7 Å². The topological polar surface area (TPSA) is 80.9 Å². The van der Waals surface area contributed by atoms with E-state index in [0.29, 0.717) is 5.69 Å². The molecule has 0 spiro atoms. The average molecular weight is 232 g/mol. The Morgan fingerprint density at radius 3 is 2.88 bits per heavy atom. The van der Waals surface area contributed by atoms with Gasteiger partial charge in [-0.1, -0.05) is 0 Å². The number of rotatable bonds is 2. The lowest BCUT2D eigenvalue weighted by Crippen LogP contribution is -2.15. The van der Waals surface area contributed by atoms with Gasteiger partial charge in [0.1, 0.15) is 5.82 Å². The van der Waals surface area contributed by atoms with E-state index in [1.54, 1.807) is 12.1 Å². The number of benzene rings is 1. The van der Waals surface area contributed by atoms with Crippen LogP contribution in [-0.2, 0) is 0 Å². The molecule has 17 heavy (non-hydrogen) atoms. The first-order chi connectivity index (χ1) is 8.16. The number of halogens is 1. The molecule has 0 aliphatic carbocycles. The van der Waals surface area contributed by atoms with Crippen LogP contribution >= 0.6 is 0 Å². The first-order valence-corrected chi connectivity index (χ1v) is 4.81. The third-order valence-electron chi connectivity index (χ3n) is 2.05. The summed E-state index contributed by atoms with van der Waals surface area (Å²) >= 11 is 0. The van der Waals surface area contributed by atoms with Crippen LogP contribution in [0.5, 0.6) is 0 Å². The Hall–Kier alpha value is -2.50. The minimum atomic E-state index is -0.638. The van der Waals surface area contributed by atoms with E-state index in [9.17, 15) is 9.18 Å². The van der Waals surface area contributed by atoms with Crippen LogP contribution in [0.1, 0.15) is 10.4 Å². The molecule has 0 bridgehead atoms. The molecule has 0 aliphatic heterocycles. The van der Waals surface area contributed by atoms with Crippen LogP contribution in [0, 0.1) is 5.82 Å². The number of aromatic nitrogens is 2. The molecular formula is C11H9FN4O. The molecule has 0 fully saturated rings. The minimum absolute atomic E-state index is 0.129. The number of amides is 1. The predicted octanol–water partition coefficient (Wildman–Crippen LogP) is 1.45. The van der Waals surface area contributed by atoms with Crippen molar-refractivity contribution in [3.05, 3.63) is 47.9 Å². The van der Waals surface area contributed by atoms with Crippen LogP contribution in [0.25, 0.3) is 0 Å². The fourth-order valence-electron chi connectivity index (χ4n) is 1.27. The third kappa shape index (κ3) is 2.54. The molecule has 3 N–H and O–H groups in total. The lowest BCUT2D eigenvalue weighted by atomic mass is 10.2. The molecule has 0 unspecified atom stereocenters. The van der Waals surface area contributed by atoms with Crippen LogP contribution in [-0.4, -0.2) is 16.1 Å². The number of hydrogen-bond donors (Lipinski definition) is 2. The summed E-state index contributed by atoms with van der Waals surface area (Å²) < 4.78 is 13.4. The molecule has 2 aromatic rings. The van der Waals surface area contributed by atoms with Crippen LogP contribution in [0.4, 0.5) is 15.9 Å². The number of anilines is 2. The monoisotopic (exact) mass is 232 g/mol. The molecule has 0 radical (unpaired) electrons. The summed E-state index contributed by atoms with van der Waals surface area (Å²) in [5.74, 6) is -1.00. The highest BCUT2D eigenvalue weighted by atomic mass is 19.1. The second-order valence-corrected chi connectivity index (χ2v) is 3.30. The smallest absolute Gasteiger partial charge is 0.259 e. The van der Waals surface area contributed by atoms with E-state index in [2.05, 4.69) is 15.5 Å². The molecule has 1 aromatic heterocycles. The van der Waals surface area contributed by atoms with Gasteiger partial charge in [0.15, 0.2) is 5.82 Å². The first-order valence-electron chi connectivity index (χ1n) is 4.81. The summed E-state index contributed by atoms with van der Waals surface area (Å²) in [6, 6.07) is 6.95. The zero-order valence-electron chi connectivity index (χ0n) is 8.72. The highest BCUT2D eigenvalue weighted by molar-refractivity contribution is 6.04. The van der Waals surface area contributed by atoms with E-state index >= 15 is 0 Å². The molecule has 0 atom stereocenters. The van der Waals surface area contributed by atoms with Crippen molar-refractivity contribution in [1.29, 1.82) is 0 Å². The zero-order valence-corrected chi connectivity index (χ0v) is 8.72. The van der Waals surface area contributed by atoms with Gasteiger partial charge in [-0.3, -0.25) is 4.79 Å². The Balaban J connectivity index is 2.23. The molecule has 5 nitrogen and oxygen atoms in total. The molecule has 2 rings (SSSR count). The van der Waals surface area contributed by atoms with Gasteiger partial charge in [-0.15, -0.1) is 5.10 Å². The molecule has 86 valence electrons. The maximum Gasteiger partial charge on any atom is 0.259 e. The second-order valence-electron chi connectivity index (χ2n) is 3.30. The number of carbonyl (C=O) groups is 1. The van der Waals surface area contributed by atoms with Gasteiger partial charge in [0.05, 0.1) is 5.56 Å². The quantitative estimate of drug-likeness (QED) is 0.768. The Morgan fingerprint density at radius 1 is 1.35 bits per heavy atom. The minimum Gasteiger partial charge on any atom is -0.399 e. The lowest BCUT2D eigenvalue weighted by Gasteiger charge is -2.05. The summed E-state index contributed by atoms with van der Waals surface area (Å²) in [6.07, 6.45) is 1.47. The van der Waals surface area contributed by atoms with Crippen molar-refractivity contribution in [3.8, 4) is 0 Å². The molecular weight excluding hydrogens is 223 g/mol. The standard InChI is InChI=1S/C11H9FN4O/c12-9-4-3-7(13)6-8(9)11(17)15-10-2-1-5-14-16-10/h1-6H,13H2,(H,15,16,17). The van der Waals surface area contributed by atoms with Crippen molar-refractivity contribution in [2.45, 2.75) is 0 Å². The molecule has 1 amide bonds. The van der Waals surface area contributed by atoms with Crippen molar-refractivity contribution < 1.29 is 9.18 Å². The van der Waals surface area contributed by atoms with Gasteiger partial charge in [-0.2, -0.15) is 5.10 Å². The summed E-state index contributed by atoms with van der Waals surface area (Å²) in [5.41, 5.74) is 5.67. The molecule has 6 heteroatoms. The van der Waals surface area contributed by atoms with Crippen LogP contribution < -0.4 is 11.1 Å². The Morgan fingerprint density at radius 2 is 2.18 bits per heavy atom. The summed E-state index contributed by atoms with van der Waals surface area (Å²) in [6.45, 7) is 0. The number of nitrogens with one attached hydrogen (secondary N) is 1. The number of nitrogens with zero attached hydrogens (tertiary/aromatic N) is 2. The van der Waals surface area contributed by atoms with Crippen molar-refractivity contribution in [2.75, 3.05) is 11.1 Å². The van der Waals surface area contributed by atoms with Crippen LogP contribution in [0.2, 0.25) is 0 Å². The largest absolute Gasteiger partial charge is 0.399 e. The SMILES string of the molecule is Nc1ccc(F)c(C(=O)Nc2cccnn2)c1. The Labute approximate surface area is 96.5 Å². The molecule has 0 saturated heterocycles. The average Bonchev–Trinajstić information content (AvgIpc) is 2.33. The van der Waals surface area contributed by atoms with Crippen molar-refractivity contribution in [1.82, 2.24) is 10.2 Å². The predicted molar refractivity (Wildman–Crippen MR) is 60.8 cm³/mol. The van der Waals surface area contributed by atoms with Gasteiger partial charge in [0.2, 0.25) is 0 Å². The molecule has 0 saturated carbocycles. The first kappa shape index (κ1) is 11.0. The Bertz CT molecular complexity index is 544. The van der Waals surface area contributed by atoms with E-state index in [1.165, 1.54) is 18.3 Å². The van der Waals surface area contributed by atoms with Gasteiger partial charge in [-0.05, 0) is 30.3 Å². The van der Waals surface area contributed by atoms with Gasteiger partial charge < -0.3 is 11.1 Å². The summed E-state index contributed by atoms with van der Waals surface area (Å²) in [5, 5.41) is 9.67. The van der Waals surface area contributed by atoms with Crippen molar-refractivity contribution in [3.63, 3.8) is 0 Å². The highest BCUT2D eigenvalue weighted by Crippen LogP contribution is 2.13. The maximum absolute atomic E-state index is 13.4. The molecule has 0 aliphatic rings. The van der Waals surface area contributed by atoms with Gasteiger partial charge in [0.25, 0.3) is 5.91 Å². The van der Waals surface area contributed by atoms with Gasteiger partial charge >= 0.3 is 0 Å². The normalized spacial score (nSPS) is 9.94. The summed E-state index contributed by atoms with van der Waals surface area (Å²) in [4.78, 5) is 11.7. The van der Waals surface area contributed by atoms with Crippen molar-refractivity contribution in [2.24, 2.45) is 0 Å². The third-order valence-corrected chi connectivity index (χ3v) is 2.05. The zero-order chi connectivity index (χ0) is 12.3. The number of carbonyl (C=O) groups excluding carboxylic acids is 1. The van der Waals surface area contributed by atoms with E-state index in [-0.39, 0.29) is 11.4 Å². The van der Waals surface area contributed by atoms with Gasteiger partial charge in [0, 0.05) is 11.9 Å². The summed E-state index contributed by atoms with van der Waals surface area (Å²) in [7, 11) is 0. The Kier molecular flexibility index (Phi) is 2.95. The lowest BCUT2D eigenvalue weighted by molar-refractivity contribution is 0.102. The van der Waals surface area contributed by atoms with Crippen molar-refractivity contribution >= 4 is 17.4 Å². The number of nitrogens with two attached hydrogens (primary N) is 1. The molecule has 1 aromatic carbocycles. The van der Waals surface area contributed by atoms with E-state index in [1.807, 2.05) is 0 Å². The maximum atomic E-state index is 13.4. The van der Waals surface area contributed by atoms with E-state index in [0.717, 1.165) is 6.07 Å². The highest BCUT2D eigenvalue weighted by Gasteiger charge is 2.12. The van der Waals surface area contributed by atoms with Crippen LogP contribution in [0.15, 0.2) is 36.5 Å². The van der Waals surface area contributed by atoms with Crippen LogP contribution in [0.3, 0.4) is 0 Å². The fourth-order valence-corrected chi connectivity index (χ4v) is 1.27. The number of nitrogen functional groups attached to an aromatic ring is 1. The number of hydrogen-bond acceptors (Lipinski definition) is 4. The second kappa shape index (κ2) is 4.56. The van der Waals surface area contributed by atoms with E-state index in [4.69, 9.17) is 5.73 Å².